The number of carbonyl (C=O) groups is 2. The molecule has 0 amide bonds. The molecule has 2 atom stereocenters. The van der Waals surface area contributed by atoms with E-state index in [0.717, 1.165) is 24.8 Å². The van der Waals surface area contributed by atoms with Crippen molar-refractivity contribution in [3.05, 3.63) is 29.8 Å². The first-order valence-corrected chi connectivity index (χ1v) is 15.8. The van der Waals surface area contributed by atoms with Crippen molar-refractivity contribution in [1.82, 2.24) is 0 Å². The third kappa shape index (κ3) is 16.0. The molecule has 0 spiro atoms. The maximum absolute atomic E-state index is 12.4. The zero-order chi connectivity index (χ0) is 27.4. The van der Waals surface area contributed by atoms with Crippen molar-refractivity contribution in [3.8, 4) is 0 Å². The number of benzene rings is 1. The van der Waals surface area contributed by atoms with Crippen LogP contribution in [0.25, 0.3) is 0 Å². The lowest BCUT2D eigenvalue weighted by atomic mass is 10.0. The molecule has 0 bridgehead atoms. The second kappa shape index (κ2) is 20.3. The van der Waals surface area contributed by atoms with Gasteiger partial charge < -0.3 is 9.53 Å². The van der Waals surface area contributed by atoms with E-state index in [0.29, 0.717) is 12.7 Å². The third-order valence-corrected chi connectivity index (χ3v) is 8.06. The number of hydrogen-bond acceptors (Lipinski definition) is 6. The van der Waals surface area contributed by atoms with Gasteiger partial charge in [0.05, 0.1) is 11.5 Å². The van der Waals surface area contributed by atoms with Crippen LogP contribution in [-0.2, 0) is 28.6 Å². The topological polar surface area (TPSA) is 86.7 Å². The number of rotatable bonds is 23. The zero-order valence-electron chi connectivity index (χ0n) is 23.4. The van der Waals surface area contributed by atoms with E-state index in [-0.39, 0.29) is 17.5 Å². The van der Waals surface area contributed by atoms with E-state index in [2.05, 4.69) is 6.92 Å². The summed E-state index contributed by atoms with van der Waals surface area (Å²) in [5, 5.41) is 0. The molecule has 0 aliphatic heterocycles. The Labute approximate surface area is 226 Å². The summed E-state index contributed by atoms with van der Waals surface area (Å²) in [7, 11) is -4.08. The first-order valence-electron chi connectivity index (χ1n) is 14.4. The minimum absolute atomic E-state index is 0.0117. The van der Waals surface area contributed by atoms with Crippen LogP contribution in [0.3, 0.4) is 0 Å². The van der Waals surface area contributed by atoms with E-state index in [9.17, 15) is 18.0 Å². The van der Waals surface area contributed by atoms with Gasteiger partial charge >= 0.3 is 5.97 Å². The highest BCUT2D eigenvalue weighted by Crippen LogP contribution is 2.19. The Morgan fingerprint density at radius 2 is 1.27 bits per heavy atom. The Morgan fingerprint density at radius 1 is 0.811 bits per heavy atom. The van der Waals surface area contributed by atoms with Gasteiger partial charge in [-0.1, -0.05) is 121 Å². The monoisotopic (exact) mass is 538 g/mol. The van der Waals surface area contributed by atoms with Gasteiger partial charge in [-0.15, -0.1) is 0 Å². The predicted molar refractivity (Wildman–Crippen MR) is 149 cm³/mol. The average Bonchev–Trinajstić information content (AvgIpc) is 2.88. The number of aryl methyl sites for hydroxylation is 1. The Morgan fingerprint density at radius 3 is 1.73 bits per heavy atom. The van der Waals surface area contributed by atoms with Gasteiger partial charge in [0.1, 0.15) is 6.10 Å². The van der Waals surface area contributed by atoms with Crippen LogP contribution in [0.2, 0.25) is 0 Å². The summed E-state index contributed by atoms with van der Waals surface area (Å²) >= 11 is 0. The molecule has 6 nitrogen and oxygen atoms in total. The normalized spacial score (nSPS) is 13.3. The van der Waals surface area contributed by atoms with Gasteiger partial charge in [-0.2, -0.15) is 8.42 Å². The predicted octanol–water partition coefficient (Wildman–Crippen LogP) is 7.71. The summed E-state index contributed by atoms with van der Waals surface area (Å²) in [6.45, 7) is 5.67. The third-order valence-electron chi connectivity index (χ3n) is 6.73. The highest BCUT2D eigenvalue weighted by Gasteiger charge is 2.27. The minimum atomic E-state index is -4.08. The molecule has 7 heteroatoms. The van der Waals surface area contributed by atoms with Crippen LogP contribution < -0.4 is 0 Å². The van der Waals surface area contributed by atoms with Crippen LogP contribution in [0.15, 0.2) is 29.2 Å². The fraction of sp³-hybridized carbons (Fsp3) is 0.733. The minimum Gasteiger partial charge on any atom is -0.465 e. The smallest absolute Gasteiger partial charge is 0.305 e. The summed E-state index contributed by atoms with van der Waals surface area (Å²) in [6.07, 6.45) is 18.5. The molecule has 0 fully saturated rings. The van der Waals surface area contributed by atoms with Crippen molar-refractivity contribution in [2.45, 2.75) is 135 Å². The summed E-state index contributed by atoms with van der Waals surface area (Å²) in [4.78, 5) is 23.5. The Balaban J connectivity index is 2.08. The Kier molecular flexibility index (Phi) is 18.2. The van der Waals surface area contributed by atoms with Gasteiger partial charge in [0.2, 0.25) is 0 Å². The van der Waals surface area contributed by atoms with Crippen LogP contribution in [0.1, 0.15) is 122 Å². The van der Waals surface area contributed by atoms with E-state index in [1.165, 1.54) is 89.2 Å². The molecule has 0 aromatic heterocycles. The zero-order valence-corrected chi connectivity index (χ0v) is 24.2. The van der Waals surface area contributed by atoms with Gasteiger partial charge in [-0.25, -0.2) is 0 Å². The summed E-state index contributed by atoms with van der Waals surface area (Å²) in [5.74, 6) is -0.907. The molecule has 212 valence electrons. The van der Waals surface area contributed by atoms with E-state index in [1.54, 1.807) is 19.1 Å². The fourth-order valence-corrected chi connectivity index (χ4v) is 5.30. The van der Waals surface area contributed by atoms with E-state index in [1.807, 2.05) is 6.92 Å². The van der Waals surface area contributed by atoms with Crippen LogP contribution in [0, 0.1) is 12.8 Å². The molecule has 1 unspecified atom stereocenters. The molecule has 1 aromatic carbocycles. The second-order valence-corrected chi connectivity index (χ2v) is 11.9. The molecule has 0 radical (unpaired) electrons. The molecule has 0 aliphatic carbocycles. The average molecular weight is 539 g/mol. The van der Waals surface area contributed by atoms with Crippen molar-refractivity contribution in [3.63, 3.8) is 0 Å². The number of ether oxygens (including phenoxy) is 1. The highest BCUT2D eigenvalue weighted by molar-refractivity contribution is 7.86. The van der Waals surface area contributed by atoms with Crippen LogP contribution in [-0.4, -0.2) is 33.4 Å². The lowest BCUT2D eigenvalue weighted by Crippen LogP contribution is -2.30. The highest BCUT2D eigenvalue weighted by atomic mass is 32.2. The van der Waals surface area contributed by atoms with Crippen molar-refractivity contribution in [1.29, 1.82) is 0 Å². The molecule has 0 saturated heterocycles. The van der Waals surface area contributed by atoms with E-state index < -0.39 is 22.1 Å². The number of carbonyl (C=O) groups excluding carboxylic acids is 2. The van der Waals surface area contributed by atoms with Crippen LogP contribution >= 0.6 is 0 Å². The first-order chi connectivity index (χ1) is 17.8. The maximum Gasteiger partial charge on any atom is 0.305 e. The van der Waals surface area contributed by atoms with Gasteiger partial charge in [0.15, 0.2) is 6.29 Å². The fourth-order valence-electron chi connectivity index (χ4n) is 4.19. The Bertz CT molecular complexity index is 834. The van der Waals surface area contributed by atoms with Gasteiger partial charge in [0, 0.05) is 12.3 Å². The van der Waals surface area contributed by atoms with Gasteiger partial charge in [-0.05, 0) is 25.5 Å². The molecule has 37 heavy (non-hydrogen) atoms. The van der Waals surface area contributed by atoms with Crippen molar-refractivity contribution in [2.24, 2.45) is 5.92 Å². The first kappa shape index (κ1) is 33.3. The molecule has 0 N–H and O–H groups in total. The number of unbranched alkanes of at least 4 members (excludes halogenated alkanes) is 14. The number of esters is 1. The van der Waals surface area contributed by atoms with E-state index >= 15 is 0 Å². The van der Waals surface area contributed by atoms with Crippen LogP contribution in [0.5, 0.6) is 0 Å². The number of hydrogen-bond donors (Lipinski definition) is 0. The summed E-state index contributed by atoms with van der Waals surface area (Å²) in [6, 6.07) is 6.20. The second-order valence-electron chi connectivity index (χ2n) is 10.3. The SMILES string of the molecule is CCCCCCCCCCCCCCCCCC(=O)OC[C@H](C)C(C=O)OS(=O)(=O)c1ccc(C)cc1. The van der Waals surface area contributed by atoms with Crippen molar-refractivity contribution in [2.75, 3.05) is 6.61 Å². The van der Waals surface area contributed by atoms with Crippen LogP contribution in [0.4, 0.5) is 0 Å². The van der Waals surface area contributed by atoms with Crippen molar-refractivity contribution >= 4 is 22.4 Å². The van der Waals surface area contributed by atoms with Gasteiger partial charge in [0.25, 0.3) is 10.1 Å². The summed E-state index contributed by atoms with van der Waals surface area (Å²) in [5.41, 5.74) is 0.917. The summed E-state index contributed by atoms with van der Waals surface area (Å²) < 4.78 is 35.2. The maximum atomic E-state index is 12.4. The Hall–Kier alpha value is -1.73. The lowest BCUT2D eigenvalue weighted by molar-refractivity contribution is -0.146. The molecular formula is C30H50O6S. The molecular weight excluding hydrogens is 488 g/mol. The quantitative estimate of drug-likeness (QED) is 0.0614. The molecule has 0 heterocycles. The largest absolute Gasteiger partial charge is 0.465 e. The van der Waals surface area contributed by atoms with E-state index in [4.69, 9.17) is 8.92 Å². The molecule has 0 aliphatic rings. The molecule has 1 rings (SSSR count). The van der Waals surface area contributed by atoms with Gasteiger partial charge in [-0.3, -0.25) is 8.98 Å². The lowest BCUT2D eigenvalue weighted by Gasteiger charge is -2.19. The van der Waals surface area contributed by atoms with Crippen molar-refractivity contribution < 1.29 is 26.9 Å². The number of aldehydes is 1. The standard InChI is InChI=1S/C30H50O6S/c1-4-5-6-7-8-9-10-11-12-13-14-15-16-17-18-19-30(32)35-25-27(3)29(24-31)36-37(33,34)28-22-20-26(2)21-23-28/h20-24,27,29H,4-19,25H2,1-3H3/t27-,29?/m0/s1. The molecule has 1 aromatic rings. The molecule has 0 saturated carbocycles.